The average molecular weight is 251 g/mol. The minimum atomic E-state index is -0.242. The quantitative estimate of drug-likeness (QED) is 0.723. The predicted octanol–water partition coefficient (Wildman–Crippen LogP) is 1.58. The van der Waals surface area contributed by atoms with Crippen LogP contribution in [-0.2, 0) is 6.54 Å². The molecule has 0 aliphatic rings. The second kappa shape index (κ2) is 4.88. The number of aromatic nitrogens is 2. The number of halogens is 1. The maximum Gasteiger partial charge on any atom is 0.253 e. The van der Waals surface area contributed by atoms with E-state index in [0.717, 1.165) is 5.69 Å². The van der Waals surface area contributed by atoms with E-state index in [2.05, 4.69) is 15.3 Å². The lowest BCUT2D eigenvalue weighted by atomic mass is 10.1. The third kappa shape index (κ3) is 2.76. The van der Waals surface area contributed by atoms with E-state index in [-0.39, 0.29) is 5.91 Å². The van der Waals surface area contributed by atoms with Gasteiger partial charge >= 0.3 is 0 Å². The van der Waals surface area contributed by atoms with Crippen LogP contribution in [0.1, 0.15) is 16.1 Å². The number of carbonyl (C=O) groups is 1. The van der Waals surface area contributed by atoms with Gasteiger partial charge in [0.05, 0.1) is 24.1 Å². The summed E-state index contributed by atoms with van der Waals surface area (Å²) in [5.41, 5.74) is 7.30. The molecule has 2 aromatic rings. The number of hydrogen-bond donors (Lipinski definition) is 3. The fourth-order valence-electron chi connectivity index (χ4n) is 1.39. The summed E-state index contributed by atoms with van der Waals surface area (Å²) in [4.78, 5) is 18.5. The van der Waals surface area contributed by atoms with Crippen molar-refractivity contribution in [1.29, 1.82) is 0 Å². The molecule has 0 fully saturated rings. The van der Waals surface area contributed by atoms with Gasteiger partial charge in [-0.2, -0.15) is 0 Å². The molecular formula is C11H11ClN4O. The summed E-state index contributed by atoms with van der Waals surface area (Å²) in [5, 5.41) is 3.24. The number of amides is 1. The molecule has 4 N–H and O–H groups in total. The smallest absolute Gasteiger partial charge is 0.253 e. The molecule has 5 nitrogen and oxygen atoms in total. The van der Waals surface area contributed by atoms with E-state index in [4.69, 9.17) is 17.3 Å². The fourth-order valence-corrected chi connectivity index (χ4v) is 1.57. The van der Waals surface area contributed by atoms with Crippen LogP contribution in [0.3, 0.4) is 0 Å². The SMILES string of the molecule is Nc1cc(Cl)ccc1C(=O)NCc1cnc[nH]1. The van der Waals surface area contributed by atoms with Crippen LogP contribution >= 0.6 is 11.6 Å². The molecule has 1 aromatic carbocycles. The molecule has 0 saturated carbocycles. The van der Waals surface area contributed by atoms with Gasteiger partial charge in [0.1, 0.15) is 0 Å². The number of nitrogens with two attached hydrogens (primary N) is 1. The summed E-state index contributed by atoms with van der Waals surface area (Å²) < 4.78 is 0. The summed E-state index contributed by atoms with van der Waals surface area (Å²) in [6.45, 7) is 0.376. The van der Waals surface area contributed by atoms with E-state index in [1.54, 1.807) is 30.7 Å². The van der Waals surface area contributed by atoms with E-state index in [0.29, 0.717) is 22.8 Å². The second-order valence-corrected chi connectivity index (χ2v) is 3.93. The van der Waals surface area contributed by atoms with Crippen molar-refractivity contribution in [2.75, 3.05) is 5.73 Å². The van der Waals surface area contributed by atoms with Crippen molar-refractivity contribution in [2.24, 2.45) is 0 Å². The van der Waals surface area contributed by atoms with E-state index >= 15 is 0 Å². The number of nitrogens with zero attached hydrogens (tertiary/aromatic N) is 1. The molecule has 0 aliphatic heterocycles. The van der Waals surface area contributed by atoms with Crippen LogP contribution in [0.2, 0.25) is 5.02 Å². The molecule has 2 rings (SSSR count). The molecule has 1 aromatic heterocycles. The predicted molar refractivity (Wildman–Crippen MR) is 65.6 cm³/mol. The standard InChI is InChI=1S/C11H11ClN4O/c12-7-1-2-9(10(13)3-7)11(17)15-5-8-4-14-6-16-8/h1-4,6H,5,13H2,(H,14,16)(H,15,17). The Morgan fingerprint density at radius 3 is 3.00 bits per heavy atom. The summed E-state index contributed by atoms with van der Waals surface area (Å²) in [5.74, 6) is -0.242. The minimum absolute atomic E-state index is 0.242. The average Bonchev–Trinajstić information content (AvgIpc) is 2.78. The Hall–Kier alpha value is -2.01. The normalized spacial score (nSPS) is 10.2. The maximum atomic E-state index is 11.8. The van der Waals surface area contributed by atoms with Crippen molar-refractivity contribution in [2.45, 2.75) is 6.54 Å². The number of aromatic amines is 1. The summed E-state index contributed by atoms with van der Waals surface area (Å²) in [7, 11) is 0. The van der Waals surface area contributed by atoms with Crippen molar-refractivity contribution in [1.82, 2.24) is 15.3 Å². The van der Waals surface area contributed by atoms with Crippen molar-refractivity contribution >= 4 is 23.2 Å². The highest BCUT2D eigenvalue weighted by Gasteiger charge is 2.09. The topological polar surface area (TPSA) is 83.8 Å². The maximum absolute atomic E-state index is 11.8. The molecule has 88 valence electrons. The Morgan fingerprint density at radius 2 is 2.35 bits per heavy atom. The molecule has 0 unspecified atom stereocenters. The van der Waals surface area contributed by atoms with Gasteiger partial charge in [0.15, 0.2) is 0 Å². The van der Waals surface area contributed by atoms with Crippen molar-refractivity contribution in [3.05, 3.63) is 47.0 Å². The first-order valence-corrected chi connectivity index (χ1v) is 5.35. The number of carbonyl (C=O) groups excluding carboxylic acids is 1. The lowest BCUT2D eigenvalue weighted by Gasteiger charge is -2.06. The van der Waals surface area contributed by atoms with Gasteiger partial charge < -0.3 is 16.0 Å². The highest BCUT2D eigenvalue weighted by atomic mass is 35.5. The zero-order chi connectivity index (χ0) is 12.3. The number of nitrogens with one attached hydrogen (secondary N) is 2. The molecule has 0 atom stereocenters. The van der Waals surface area contributed by atoms with Crippen LogP contribution in [-0.4, -0.2) is 15.9 Å². The zero-order valence-corrected chi connectivity index (χ0v) is 9.66. The molecule has 1 amide bonds. The van der Waals surface area contributed by atoms with E-state index in [1.807, 2.05) is 0 Å². The van der Waals surface area contributed by atoms with Gasteiger partial charge in [-0.1, -0.05) is 11.6 Å². The Balaban J connectivity index is 2.04. The molecule has 0 bridgehead atoms. The highest BCUT2D eigenvalue weighted by molar-refractivity contribution is 6.31. The largest absolute Gasteiger partial charge is 0.398 e. The third-order valence-electron chi connectivity index (χ3n) is 2.25. The number of rotatable bonds is 3. The number of nitrogen functional groups attached to an aromatic ring is 1. The van der Waals surface area contributed by atoms with Gasteiger partial charge in [0.25, 0.3) is 5.91 Å². The number of imidazole rings is 1. The molecule has 0 radical (unpaired) electrons. The lowest BCUT2D eigenvalue weighted by Crippen LogP contribution is -2.23. The van der Waals surface area contributed by atoms with Gasteiger partial charge in [-0.25, -0.2) is 4.98 Å². The first kappa shape index (κ1) is 11.5. The summed E-state index contributed by atoms with van der Waals surface area (Å²) in [6, 6.07) is 4.77. The monoisotopic (exact) mass is 250 g/mol. The molecule has 1 heterocycles. The summed E-state index contributed by atoms with van der Waals surface area (Å²) in [6.07, 6.45) is 3.20. The van der Waals surface area contributed by atoms with Crippen LogP contribution in [0.4, 0.5) is 5.69 Å². The van der Waals surface area contributed by atoms with Gasteiger partial charge in [0, 0.05) is 16.9 Å². The van der Waals surface area contributed by atoms with Crippen LogP contribution < -0.4 is 11.1 Å². The van der Waals surface area contributed by atoms with Gasteiger partial charge in [-0.05, 0) is 18.2 Å². The number of hydrogen-bond acceptors (Lipinski definition) is 3. The molecule has 17 heavy (non-hydrogen) atoms. The van der Waals surface area contributed by atoms with E-state index < -0.39 is 0 Å². The number of anilines is 1. The third-order valence-corrected chi connectivity index (χ3v) is 2.49. The first-order chi connectivity index (χ1) is 8.16. The fraction of sp³-hybridized carbons (Fsp3) is 0.0909. The Bertz CT molecular complexity index is 524. The second-order valence-electron chi connectivity index (χ2n) is 3.49. The van der Waals surface area contributed by atoms with Crippen LogP contribution in [0, 0.1) is 0 Å². The molecule has 0 saturated heterocycles. The Kier molecular flexibility index (Phi) is 3.30. The number of benzene rings is 1. The van der Waals surface area contributed by atoms with Crippen molar-refractivity contribution in [3.63, 3.8) is 0 Å². The zero-order valence-electron chi connectivity index (χ0n) is 8.90. The lowest BCUT2D eigenvalue weighted by molar-refractivity contribution is 0.0951. The van der Waals surface area contributed by atoms with Crippen LogP contribution in [0.25, 0.3) is 0 Å². The molecular weight excluding hydrogens is 240 g/mol. The van der Waals surface area contributed by atoms with Crippen LogP contribution in [0.5, 0.6) is 0 Å². The molecule has 0 spiro atoms. The molecule has 0 aliphatic carbocycles. The first-order valence-electron chi connectivity index (χ1n) is 4.97. The molecule has 6 heteroatoms. The van der Waals surface area contributed by atoms with Crippen LogP contribution in [0.15, 0.2) is 30.7 Å². The summed E-state index contributed by atoms with van der Waals surface area (Å²) >= 11 is 5.75. The van der Waals surface area contributed by atoms with Crippen molar-refractivity contribution in [3.8, 4) is 0 Å². The van der Waals surface area contributed by atoms with Crippen molar-refractivity contribution < 1.29 is 4.79 Å². The minimum Gasteiger partial charge on any atom is -0.398 e. The van der Waals surface area contributed by atoms with Gasteiger partial charge in [-0.15, -0.1) is 0 Å². The highest BCUT2D eigenvalue weighted by Crippen LogP contribution is 2.17. The van der Waals surface area contributed by atoms with E-state index in [1.165, 1.54) is 0 Å². The van der Waals surface area contributed by atoms with Gasteiger partial charge in [0.2, 0.25) is 0 Å². The Morgan fingerprint density at radius 1 is 1.53 bits per heavy atom. The van der Waals surface area contributed by atoms with Gasteiger partial charge in [-0.3, -0.25) is 4.79 Å². The number of H-pyrrole nitrogens is 1. The Labute approximate surface area is 103 Å². The van der Waals surface area contributed by atoms with E-state index in [9.17, 15) is 4.79 Å².